The maximum Gasteiger partial charge on any atom is 0.301 e. The topological polar surface area (TPSA) is 161 Å². The zero-order valence-electron chi connectivity index (χ0n) is 26.1. The van der Waals surface area contributed by atoms with E-state index in [0.717, 1.165) is 55.5 Å². The maximum absolute atomic E-state index is 15.1. The molecule has 2 aromatic carbocycles. The van der Waals surface area contributed by atoms with Crippen molar-refractivity contribution in [1.29, 1.82) is 5.26 Å². The number of alkyl halides is 2. The number of nitriles is 1. The fourth-order valence-electron chi connectivity index (χ4n) is 6.20. The molecular formula is C32H33F2N11O3. The van der Waals surface area contributed by atoms with Crippen LogP contribution >= 0.6 is 0 Å². The number of nitrogens with one attached hydrogen (secondary N) is 2. The summed E-state index contributed by atoms with van der Waals surface area (Å²) in [6.45, 7) is 6.01. The number of halogens is 2. The van der Waals surface area contributed by atoms with E-state index < -0.39 is 24.5 Å². The third-order valence-electron chi connectivity index (χ3n) is 8.89. The number of ether oxygens (including phenoxy) is 2. The van der Waals surface area contributed by atoms with Gasteiger partial charge in [-0.1, -0.05) is 0 Å². The summed E-state index contributed by atoms with van der Waals surface area (Å²) in [5.41, 5.74) is 2.47. The number of hydrogen-bond acceptors (Lipinski definition) is 12. The number of aromatic nitrogens is 6. The van der Waals surface area contributed by atoms with E-state index in [4.69, 9.17) is 9.47 Å². The first-order chi connectivity index (χ1) is 23.3. The third kappa shape index (κ3) is 6.46. The van der Waals surface area contributed by atoms with Crippen molar-refractivity contribution in [2.75, 3.05) is 56.2 Å². The van der Waals surface area contributed by atoms with Crippen LogP contribution in [0.15, 0.2) is 55.1 Å². The van der Waals surface area contributed by atoms with Crippen molar-refractivity contribution in [1.82, 2.24) is 39.9 Å². The molecule has 2 N–H and O–H groups in total. The molecule has 4 aromatic rings. The predicted octanol–water partition coefficient (Wildman–Crippen LogP) is 3.11. The molecule has 2 aromatic heterocycles. The fourth-order valence-corrected chi connectivity index (χ4v) is 6.20. The van der Waals surface area contributed by atoms with Crippen LogP contribution in [0.4, 0.5) is 26.1 Å². The Kier molecular flexibility index (Phi) is 8.54. The number of H-pyrrole nitrogens is 1. The number of anilines is 3. The van der Waals surface area contributed by atoms with Gasteiger partial charge in [-0.3, -0.25) is 14.8 Å². The van der Waals surface area contributed by atoms with Crippen molar-refractivity contribution in [2.45, 2.75) is 37.5 Å². The van der Waals surface area contributed by atoms with Crippen molar-refractivity contribution in [3.05, 3.63) is 66.5 Å². The molecule has 5 heterocycles. The Labute approximate surface area is 274 Å². The fraction of sp³-hybridized carbons (Fsp3) is 0.406. The van der Waals surface area contributed by atoms with Crippen LogP contribution in [0.2, 0.25) is 0 Å². The van der Waals surface area contributed by atoms with Gasteiger partial charge in [0.05, 0.1) is 31.4 Å². The van der Waals surface area contributed by atoms with Gasteiger partial charge in [-0.25, -0.2) is 23.7 Å². The van der Waals surface area contributed by atoms with E-state index in [-0.39, 0.29) is 30.1 Å². The largest absolute Gasteiger partial charge is 0.483 e. The molecule has 48 heavy (non-hydrogen) atoms. The van der Waals surface area contributed by atoms with Crippen molar-refractivity contribution in [3.8, 4) is 23.2 Å². The molecule has 0 bridgehead atoms. The second-order valence-corrected chi connectivity index (χ2v) is 12.1. The third-order valence-corrected chi connectivity index (χ3v) is 8.89. The summed E-state index contributed by atoms with van der Waals surface area (Å²) in [5.74, 6) is -3.55. The van der Waals surface area contributed by atoms with E-state index in [9.17, 15) is 10.1 Å². The quantitative estimate of drug-likeness (QED) is 0.285. The van der Waals surface area contributed by atoms with Crippen LogP contribution in [-0.2, 0) is 4.74 Å². The molecule has 1 amide bonds. The summed E-state index contributed by atoms with van der Waals surface area (Å²) in [6, 6.07) is 15.6. The molecule has 0 saturated carbocycles. The highest BCUT2D eigenvalue weighted by atomic mass is 19.3. The Morgan fingerprint density at radius 3 is 2.62 bits per heavy atom. The lowest BCUT2D eigenvalue weighted by atomic mass is 10.0. The number of benzene rings is 2. The van der Waals surface area contributed by atoms with Gasteiger partial charge in [0.2, 0.25) is 11.8 Å². The van der Waals surface area contributed by atoms with Gasteiger partial charge < -0.3 is 24.6 Å². The molecule has 3 fully saturated rings. The van der Waals surface area contributed by atoms with Gasteiger partial charge in [0, 0.05) is 55.6 Å². The number of rotatable bonds is 8. The summed E-state index contributed by atoms with van der Waals surface area (Å²) in [4.78, 5) is 35.2. The van der Waals surface area contributed by atoms with Gasteiger partial charge in [0.1, 0.15) is 24.5 Å². The first kappa shape index (κ1) is 31.3. The first-order valence-corrected chi connectivity index (χ1v) is 15.7. The van der Waals surface area contributed by atoms with Crippen LogP contribution < -0.4 is 15.0 Å². The van der Waals surface area contributed by atoms with Crippen LogP contribution in [0.1, 0.15) is 29.5 Å². The van der Waals surface area contributed by atoms with E-state index in [1.807, 2.05) is 18.2 Å². The van der Waals surface area contributed by atoms with Crippen LogP contribution in [-0.4, -0.2) is 116 Å². The van der Waals surface area contributed by atoms with E-state index >= 15 is 8.78 Å². The lowest BCUT2D eigenvalue weighted by Crippen LogP contribution is -2.59. The minimum Gasteiger partial charge on any atom is -0.483 e. The summed E-state index contributed by atoms with van der Waals surface area (Å²) in [6.07, 6.45) is 0.813. The number of carbonyl (C=O) groups is 1. The molecule has 7 rings (SSSR count). The van der Waals surface area contributed by atoms with Crippen molar-refractivity contribution >= 4 is 23.2 Å². The predicted molar refractivity (Wildman–Crippen MR) is 169 cm³/mol. The highest BCUT2D eigenvalue weighted by molar-refractivity contribution is 5.90. The van der Waals surface area contributed by atoms with Crippen LogP contribution in [0.5, 0.6) is 5.75 Å². The maximum atomic E-state index is 15.1. The number of hydrogen-bond donors (Lipinski definition) is 2. The molecule has 2 atom stereocenters. The van der Waals surface area contributed by atoms with E-state index in [1.165, 1.54) is 18.5 Å². The van der Waals surface area contributed by atoms with Crippen LogP contribution in [0.3, 0.4) is 0 Å². The number of nitrogens with zero attached hydrogens (tertiary/aromatic N) is 9. The SMILES string of the molecule is C[C@H]1CN(C2COC2)CCN1c1ccc(Nc2ncnc(-c3ccc(OC4CCN(C(=O)c5ncn[nH]5)CC4(F)F)c(C#N)c3)n2)cc1. The highest BCUT2D eigenvalue weighted by Gasteiger charge is 2.48. The average Bonchev–Trinajstić information content (AvgIpc) is 3.61. The monoisotopic (exact) mass is 657 g/mol. The summed E-state index contributed by atoms with van der Waals surface area (Å²) in [5, 5.41) is 19.0. The van der Waals surface area contributed by atoms with Crippen molar-refractivity contribution < 1.29 is 23.0 Å². The van der Waals surface area contributed by atoms with Gasteiger partial charge in [-0.05, 0) is 49.4 Å². The Morgan fingerprint density at radius 2 is 1.94 bits per heavy atom. The van der Waals surface area contributed by atoms with Gasteiger partial charge in [-0.2, -0.15) is 15.3 Å². The molecule has 248 valence electrons. The zero-order chi connectivity index (χ0) is 33.3. The Morgan fingerprint density at radius 1 is 1.10 bits per heavy atom. The number of piperazine rings is 1. The van der Waals surface area contributed by atoms with E-state index in [1.54, 1.807) is 6.07 Å². The zero-order valence-corrected chi connectivity index (χ0v) is 26.1. The standard InChI is InChI=1S/C32H33F2N11O3/c1-20-14-43(25-15-47-16-25)10-11-45(20)24-5-3-23(4-6-24)40-31-38-18-36-28(41-31)21-2-7-26(22(12-21)13-35)48-27-8-9-44(17-32(27,33)34)30(46)29-37-19-39-42-29/h2-7,12,18-20,25,27H,8-11,14-17H2,1H3,(H,37,39,42)(H,36,38,40,41)/t20-,27?/m0/s1. The average molecular weight is 658 g/mol. The van der Waals surface area contributed by atoms with Gasteiger partial charge in [0.15, 0.2) is 11.9 Å². The van der Waals surface area contributed by atoms with Crippen LogP contribution in [0.25, 0.3) is 11.4 Å². The smallest absolute Gasteiger partial charge is 0.301 e. The molecule has 14 nitrogen and oxygen atoms in total. The van der Waals surface area contributed by atoms with Crippen LogP contribution in [0, 0.1) is 11.3 Å². The minimum atomic E-state index is -3.37. The molecular weight excluding hydrogens is 624 g/mol. The molecule has 1 unspecified atom stereocenters. The number of aromatic amines is 1. The lowest BCUT2D eigenvalue weighted by Gasteiger charge is -2.46. The Bertz CT molecular complexity index is 1800. The number of likely N-dealkylation sites (tertiary alicyclic amines) is 1. The number of amides is 1. The molecule has 3 aliphatic rings. The summed E-state index contributed by atoms with van der Waals surface area (Å²) < 4.78 is 41.2. The van der Waals surface area contributed by atoms with Gasteiger partial charge in [0.25, 0.3) is 5.91 Å². The van der Waals surface area contributed by atoms with Gasteiger partial charge in [-0.15, -0.1) is 0 Å². The minimum absolute atomic E-state index is 0.00113. The molecule has 3 saturated heterocycles. The van der Waals surface area contributed by atoms with E-state index in [0.29, 0.717) is 29.4 Å². The van der Waals surface area contributed by atoms with Crippen molar-refractivity contribution in [2.24, 2.45) is 0 Å². The van der Waals surface area contributed by atoms with Crippen molar-refractivity contribution in [3.63, 3.8) is 0 Å². The number of piperidine rings is 1. The number of carbonyl (C=O) groups excluding carboxylic acids is 1. The molecule has 0 radical (unpaired) electrons. The second-order valence-electron chi connectivity index (χ2n) is 12.1. The van der Waals surface area contributed by atoms with Gasteiger partial charge >= 0.3 is 5.92 Å². The lowest BCUT2D eigenvalue weighted by molar-refractivity contribution is -0.132. The van der Waals surface area contributed by atoms with E-state index in [2.05, 4.69) is 64.3 Å². The second kappa shape index (κ2) is 13.1. The molecule has 3 aliphatic heterocycles. The summed E-state index contributed by atoms with van der Waals surface area (Å²) in [7, 11) is 0. The molecule has 16 heteroatoms. The Balaban J connectivity index is 0.990. The summed E-state index contributed by atoms with van der Waals surface area (Å²) >= 11 is 0. The highest BCUT2D eigenvalue weighted by Crippen LogP contribution is 2.34. The normalized spacial score (nSPS) is 21.3. The molecule has 0 spiro atoms. The Hall–Kier alpha value is -5.27. The molecule has 0 aliphatic carbocycles. The first-order valence-electron chi connectivity index (χ1n) is 15.7.